The molecule has 2 amide bonds. The van der Waals surface area contributed by atoms with Crippen LogP contribution in [-0.2, 0) is 4.79 Å². The predicted octanol–water partition coefficient (Wildman–Crippen LogP) is 1.13. The number of carbonyl (C=O) groups is 2. The van der Waals surface area contributed by atoms with E-state index in [-0.39, 0.29) is 35.4 Å². The van der Waals surface area contributed by atoms with Gasteiger partial charge >= 0.3 is 0 Å². The van der Waals surface area contributed by atoms with Crippen LogP contribution in [0.1, 0.15) is 16.8 Å². The van der Waals surface area contributed by atoms with Gasteiger partial charge in [0.25, 0.3) is 11.6 Å². The second kappa shape index (κ2) is 10.8. The number of nitrogens with zero attached hydrogens (tertiary/aromatic N) is 1. The van der Waals surface area contributed by atoms with Crippen molar-refractivity contribution in [3.8, 4) is 0 Å². The van der Waals surface area contributed by atoms with Gasteiger partial charge in [0.05, 0.1) is 16.5 Å². The Kier molecular flexibility index (Phi) is 9.87. The first-order valence-corrected chi connectivity index (χ1v) is 6.97. The van der Waals surface area contributed by atoms with Crippen molar-refractivity contribution in [3.05, 3.63) is 38.9 Å². The van der Waals surface area contributed by atoms with E-state index < -0.39 is 16.5 Å². The second-order valence-corrected chi connectivity index (χ2v) is 4.79. The van der Waals surface area contributed by atoms with Crippen molar-refractivity contribution in [3.63, 3.8) is 0 Å². The summed E-state index contributed by atoms with van der Waals surface area (Å²) in [5.74, 6) is -1.14. The SMILES string of the molecule is CNCCCNC(=O)CNC(=O)c1c(Cl)cccc1[N+](=O)[O-].Cl. The molecular weight excluding hydrogens is 347 g/mol. The van der Waals surface area contributed by atoms with Gasteiger partial charge in [0.2, 0.25) is 5.91 Å². The summed E-state index contributed by atoms with van der Waals surface area (Å²) in [5, 5.41) is 18.7. The summed E-state index contributed by atoms with van der Waals surface area (Å²) in [6.07, 6.45) is 0.756. The van der Waals surface area contributed by atoms with Crippen LogP contribution in [0.5, 0.6) is 0 Å². The van der Waals surface area contributed by atoms with Gasteiger partial charge in [-0.15, -0.1) is 12.4 Å². The van der Waals surface area contributed by atoms with Gasteiger partial charge in [0.15, 0.2) is 0 Å². The third-order valence-electron chi connectivity index (χ3n) is 2.75. The van der Waals surface area contributed by atoms with Crippen LogP contribution >= 0.6 is 24.0 Å². The molecule has 0 unspecified atom stereocenters. The van der Waals surface area contributed by atoms with Crippen molar-refractivity contribution in [2.24, 2.45) is 0 Å². The minimum Gasteiger partial charge on any atom is -0.355 e. The van der Waals surface area contributed by atoms with E-state index in [2.05, 4.69) is 16.0 Å². The highest BCUT2D eigenvalue weighted by Crippen LogP contribution is 2.25. The highest BCUT2D eigenvalue weighted by Gasteiger charge is 2.23. The minimum atomic E-state index is -0.761. The van der Waals surface area contributed by atoms with Crippen molar-refractivity contribution in [1.82, 2.24) is 16.0 Å². The van der Waals surface area contributed by atoms with E-state index in [9.17, 15) is 19.7 Å². The van der Waals surface area contributed by atoms with Crippen LogP contribution in [0.15, 0.2) is 18.2 Å². The molecule has 128 valence electrons. The van der Waals surface area contributed by atoms with Crippen LogP contribution in [0.4, 0.5) is 5.69 Å². The molecule has 0 aliphatic carbocycles. The number of hydrogen-bond acceptors (Lipinski definition) is 5. The maximum atomic E-state index is 12.0. The van der Waals surface area contributed by atoms with E-state index in [1.807, 2.05) is 0 Å². The Morgan fingerprint density at radius 2 is 1.96 bits per heavy atom. The molecule has 0 saturated heterocycles. The van der Waals surface area contributed by atoms with Crippen molar-refractivity contribution in [2.75, 3.05) is 26.7 Å². The second-order valence-electron chi connectivity index (χ2n) is 4.38. The molecule has 1 rings (SSSR count). The molecule has 0 bridgehead atoms. The Hall–Kier alpha value is -1.90. The van der Waals surface area contributed by atoms with Gasteiger partial charge in [0, 0.05) is 12.6 Å². The molecule has 0 heterocycles. The fourth-order valence-corrected chi connectivity index (χ4v) is 1.95. The largest absolute Gasteiger partial charge is 0.355 e. The van der Waals surface area contributed by atoms with Gasteiger partial charge in [-0.25, -0.2) is 0 Å². The number of nitro benzene ring substituents is 1. The average Bonchev–Trinajstić information content (AvgIpc) is 2.48. The van der Waals surface area contributed by atoms with Gasteiger partial charge in [-0.05, 0) is 26.1 Å². The van der Waals surface area contributed by atoms with Gasteiger partial charge in [-0.1, -0.05) is 17.7 Å². The zero-order valence-electron chi connectivity index (χ0n) is 12.4. The van der Waals surface area contributed by atoms with E-state index in [1.165, 1.54) is 18.2 Å². The van der Waals surface area contributed by atoms with Gasteiger partial charge < -0.3 is 16.0 Å². The summed E-state index contributed by atoms with van der Waals surface area (Å²) in [7, 11) is 1.80. The highest BCUT2D eigenvalue weighted by atomic mass is 35.5. The molecule has 1 aromatic rings. The molecule has 23 heavy (non-hydrogen) atoms. The van der Waals surface area contributed by atoms with Gasteiger partial charge in [-0.2, -0.15) is 0 Å². The maximum Gasteiger partial charge on any atom is 0.283 e. The molecule has 0 aliphatic rings. The Labute approximate surface area is 144 Å². The Balaban J connectivity index is 0.00000484. The molecule has 0 radical (unpaired) electrons. The Morgan fingerprint density at radius 3 is 2.57 bits per heavy atom. The fourth-order valence-electron chi connectivity index (χ4n) is 1.69. The molecule has 8 nitrogen and oxygen atoms in total. The Bertz CT molecular complexity index is 569. The van der Waals surface area contributed by atoms with Crippen LogP contribution in [-0.4, -0.2) is 43.4 Å². The molecule has 3 N–H and O–H groups in total. The topological polar surface area (TPSA) is 113 Å². The van der Waals surface area contributed by atoms with Gasteiger partial charge in [0.1, 0.15) is 5.56 Å². The zero-order valence-corrected chi connectivity index (χ0v) is 14.0. The lowest BCUT2D eigenvalue weighted by Crippen LogP contribution is -2.38. The first kappa shape index (κ1) is 21.1. The van der Waals surface area contributed by atoms with E-state index in [0.29, 0.717) is 6.54 Å². The van der Waals surface area contributed by atoms with Crippen molar-refractivity contribution in [2.45, 2.75) is 6.42 Å². The quantitative estimate of drug-likeness (QED) is 0.363. The molecule has 0 spiro atoms. The van der Waals surface area contributed by atoms with Crippen molar-refractivity contribution < 1.29 is 14.5 Å². The highest BCUT2D eigenvalue weighted by molar-refractivity contribution is 6.34. The zero-order chi connectivity index (χ0) is 16.5. The monoisotopic (exact) mass is 364 g/mol. The average molecular weight is 365 g/mol. The van der Waals surface area contributed by atoms with E-state index in [0.717, 1.165) is 13.0 Å². The molecule has 10 heteroatoms. The summed E-state index contributed by atoms with van der Waals surface area (Å²) in [4.78, 5) is 33.7. The van der Waals surface area contributed by atoms with Crippen LogP contribution in [0.25, 0.3) is 0 Å². The Morgan fingerprint density at radius 1 is 1.26 bits per heavy atom. The van der Waals surface area contributed by atoms with Crippen molar-refractivity contribution in [1.29, 1.82) is 0 Å². The number of halogens is 2. The molecule has 0 aliphatic heterocycles. The fraction of sp³-hybridized carbons (Fsp3) is 0.385. The summed E-state index contributed by atoms with van der Waals surface area (Å²) >= 11 is 5.83. The first-order chi connectivity index (χ1) is 10.5. The molecule has 1 aromatic carbocycles. The lowest BCUT2D eigenvalue weighted by atomic mass is 10.1. The number of hydrogen-bond donors (Lipinski definition) is 3. The summed E-state index contributed by atoms with van der Waals surface area (Å²) in [5.41, 5.74) is -0.656. The van der Waals surface area contributed by atoms with E-state index in [4.69, 9.17) is 11.6 Å². The standard InChI is InChI=1S/C13H17ClN4O4.ClH/c1-15-6-3-7-16-11(19)8-17-13(20)12-9(14)4-2-5-10(12)18(21)22;/h2,4-5,15H,3,6-8H2,1H3,(H,16,19)(H,17,20);1H. The minimum absolute atomic E-state index is 0. The lowest BCUT2D eigenvalue weighted by Gasteiger charge is -2.08. The van der Waals surface area contributed by atoms with E-state index >= 15 is 0 Å². The van der Waals surface area contributed by atoms with E-state index in [1.54, 1.807) is 7.05 Å². The number of nitrogens with one attached hydrogen (secondary N) is 3. The van der Waals surface area contributed by atoms with Crippen LogP contribution in [0.2, 0.25) is 5.02 Å². The normalized spacial score (nSPS) is 9.65. The number of rotatable bonds is 8. The summed E-state index contributed by atoms with van der Waals surface area (Å²) < 4.78 is 0. The van der Waals surface area contributed by atoms with Crippen molar-refractivity contribution >= 4 is 41.5 Å². The molecular formula is C13H18Cl2N4O4. The third-order valence-corrected chi connectivity index (χ3v) is 3.07. The maximum absolute atomic E-state index is 12.0. The number of benzene rings is 1. The van der Waals surface area contributed by atoms with Gasteiger partial charge in [-0.3, -0.25) is 19.7 Å². The smallest absolute Gasteiger partial charge is 0.283 e. The molecule has 0 aromatic heterocycles. The van der Waals surface area contributed by atoms with Crippen LogP contribution < -0.4 is 16.0 Å². The molecule has 0 fully saturated rings. The van der Waals surface area contributed by atoms with Crippen LogP contribution in [0.3, 0.4) is 0 Å². The van der Waals surface area contributed by atoms with Crippen LogP contribution in [0, 0.1) is 10.1 Å². The molecule has 0 saturated carbocycles. The first-order valence-electron chi connectivity index (χ1n) is 6.59. The lowest BCUT2D eigenvalue weighted by molar-refractivity contribution is -0.385. The summed E-state index contributed by atoms with van der Waals surface area (Å²) in [6.45, 7) is 0.959. The summed E-state index contributed by atoms with van der Waals surface area (Å²) in [6, 6.07) is 3.94. The predicted molar refractivity (Wildman–Crippen MR) is 89.2 cm³/mol. The third kappa shape index (κ3) is 6.81. The number of carbonyl (C=O) groups excluding carboxylic acids is 2. The number of nitro groups is 1. The molecule has 0 atom stereocenters. The number of amides is 2.